The number of carbonyl (C=O) groups is 1. The fourth-order valence-electron chi connectivity index (χ4n) is 6.64. The molecule has 1 amide bonds. The number of hydrogen-bond donors (Lipinski definition) is 15. The summed E-state index contributed by atoms with van der Waals surface area (Å²) in [5.41, 5.74) is 28.0. The quantitative estimate of drug-likeness (QED) is 0.0944. The average Bonchev–Trinajstić information content (AvgIpc) is 3.60. The normalized spacial score (nSPS) is 53.3. The van der Waals surface area contributed by atoms with Crippen molar-refractivity contribution in [3.8, 4) is 0 Å². The zero-order chi connectivity index (χ0) is 36.1. The van der Waals surface area contributed by atoms with Crippen molar-refractivity contribution in [3.63, 3.8) is 0 Å². The largest absolute Gasteiger partial charge is 0.394 e. The van der Waals surface area contributed by atoms with E-state index in [0.717, 1.165) is 0 Å². The summed E-state index contributed by atoms with van der Waals surface area (Å²) in [4.78, 5) is 12.8. The number of nitrogens with two attached hydrogens (primary N) is 5. The van der Waals surface area contributed by atoms with E-state index in [1.807, 2.05) is 0 Å². The minimum absolute atomic E-state index is 0.0150. The molecule has 3 aliphatic heterocycles. The molecule has 2 aliphatic carbocycles. The van der Waals surface area contributed by atoms with Crippen LogP contribution in [-0.4, -0.2) is 200 Å². The summed E-state index contributed by atoms with van der Waals surface area (Å²) < 4.78 is 34.7. The smallest absolute Gasteiger partial charge is 0.253 e. The first-order valence-electron chi connectivity index (χ1n) is 16.1. The van der Waals surface area contributed by atoms with E-state index in [1.54, 1.807) is 0 Å². The third-order valence-electron chi connectivity index (χ3n) is 9.97. The Bertz CT molecular complexity index is 1130. The van der Waals surface area contributed by atoms with Crippen molar-refractivity contribution in [1.29, 1.82) is 0 Å². The molecular formula is C27H50N6O16. The van der Waals surface area contributed by atoms with Gasteiger partial charge in [-0.25, -0.2) is 0 Å². The number of aliphatic hydroxyl groups is 9. The van der Waals surface area contributed by atoms with Gasteiger partial charge in [-0.2, -0.15) is 0 Å². The highest BCUT2D eigenvalue weighted by atomic mass is 16.8. The Labute approximate surface area is 279 Å². The number of amides is 1. The van der Waals surface area contributed by atoms with Crippen molar-refractivity contribution in [1.82, 2.24) is 5.32 Å². The molecule has 0 aromatic carbocycles. The Kier molecular flexibility index (Phi) is 12.2. The van der Waals surface area contributed by atoms with Crippen LogP contribution in [0.2, 0.25) is 0 Å². The van der Waals surface area contributed by atoms with Gasteiger partial charge in [0.05, 0.1) is 31.3 Å². The van der Waals surface area contributed by atoms with Crippen LogP contribution < -0.4 is 34.0 Å². The molecule has 2 unspecified atom stereocenters. The zero-order valence-electron chi connectivity index (χ0n) is 26.4. The van der Waals surface area contributed by atoms with Crippen molar-refractivity contribution in [3.05, 3.63) is 0 Å². The van der Waals surface area contributed by atoms with E-state index in [9.17, 15) is 50.8 Å². The second kappa shape index (κ2) is 15.3. The van der Waals surface area contributed by atoms with Crippen molar-refractivity contribution in [2.75, 3.05) is 19.8 Å². The Morgan fingerprint density at radius 3 is 1.71 bits per heavy atom. The van der Waals surface area contributed by atoms with Crippen LogP contribution in [0.4, 0.5) is 0 Å². The highest BCUT2D eigenvalue weighted by molar-refractivity contribution is 5.89. The second-order valence-electron chi connectivity index (χ2n) is 13.3. The van der Waals surface area contributed by atoms with Crippen molar-refractivity contribution >= 4 is 5.91 Å². The fourth-order valence-corrected chi connectivity index (χ4v) is 6.64. The lowest BCUT2D eigenvalue weighted by atomic mass is 9.83. The predicted molar refractivity (Wildman–Crippen MR) is 158 cm³/mol. The maximum atomic E-state index is 12.8. The van der Waals surface area contributed by atoms with Crippen molar-refractivity contribution < 1.29 is 79.2 Å². The highest BCUT2D eigenvalue weighted by Gasteiger charge is 2.59. The first kappa shape index (κ1) is 38.9. The molecule has 5 aliphatic rings. The molecule has 3 saturated heterocycles. The molecule has 22 nitrogen and oxygen atoms in total. The number of hydrogen-bond acceptors (Lipinski definition) is 21. The van der Waals surface area contributed by atoms with Crippen LogP contribution >= 0.6 is 0 Å². The SMILES string of the molecule is NC[C@@H]1O[C@H](O[C@H]2[C@@H](O)[C@H](O[C@@H]3[C@@H](O)[C@H](NC(=O)C4(O)CC4N)C[C@H](N)[C@H]3O[C@H]3O[C@H](CO)[C@@H](O)[C@H](O)[C@H]3N)O[C@@H]2CO)[C@H](N)[C@@H](O)[C@@H]1O. The summed E-state index contributed by atoms with van der Waals surface area (Å²) in [5, 5.41) is 96.7. The Morgan fingerprint density at radius 2 is 1.18 bits per heavy atom. The van der Waals surface area contributed by atoms with Gasteiger partial charge in [0.2, 0.25) is 0 Å². The van der Waals surface area contributed by atoms with E-state index >= 15 is 0 Å². The highest BCUT2D eigenvalue weighted by Crippen LogP contribution is 2.37. The lowest BCUT2D eigenvalue weighted by molar-refractivity contribution is -0.311. The van der Waals surface area contributed by atoms with Gasteiger partial charge in [0.1, 0.15) is 73.2 Å². The molecule has 49 heavy (non-hydrogen) atoms. The van der Waals surface area contributed by atoms with Crippen LogP contribution in [0.25, 0.3) is 0 Å². The first-order valence-corrected chi connectivity index (χ1v) is 16.1. The standard InChI is InChI=1S/C27H50N6O16/c28-3-8-15(37)17(39)12(31)23(44-8)48-21-10(5-35)46-25(19(21)41)49-22-14(36)7(33-26(42)27(43)2-11(27)30)1-6(29)20(22)47-24-13(32)18(40)16(38)9(4-34)45-24/h6-25,34-41,43H,1-5,28-32H2,(H,33,42)/t6-,7+,8-,9+,10+,11?,12+,13+,14-,15+,16+,17+,18+,19+,20+,21+,22+,23+,24+,25-,27?/m0/s1. The van der Waals surface area contributed by atoms with Crippen molar-refractivity contribution in [2.45, 2.75) is 141 Å². The van der Waals surface area contributed by atoms with Gasteiger partial charge in [0.25, 0.3) is 5.91 Å². The zero-order valence-corrected chi connectivity index (χ0v) is 26.4. The molecule has 22 heteroatoms. The maximum absolute atomic E-state index is 12.8. The fraction of sp³-hybridized carbons (Fsp3) is 0.963. The van der Waals surface area contributed by atoms with E-state index in [2.05, 4.69) is 5.32 Å². The summed E-state index contributed by atoms with van der Waals surface area (Å²) in [6.45, 7) is -1.66. The van der Waals surface area contributed by atoms with Gasteiger partial charge in [-0.05, 0) is 6.42 Å². The van der Waals surface area contributed by atoms with Crippen LogP contribution in [0.3, 0.4) is 0 Å². The summed E-state index contributed by atoms with van der Waals surface area (Å²) in [6.07, 6.45) is -22.4. The van der Waals surface area contributed by atoms with E-state index in [4.69, 9.17) is 57.1 Å². The molecule has 5 rings (SSSR count). The van der Waals surface area contributed by atoms with Gasteiger partial charge >= 0.3 is 0 Å². The molecular weight excluding hydrogens is 664 g/mol. The molecule has 0 aromatic rings. The van der Waals surface area contributed by atoms with E-state index in [1.165, 1.54) is 0 Å². The number of aliphatic hydroxyl groups excluding tert-OH is 8. The van der Waals surface area contributed by atoms with Gasteiger partial charge in [0, 0.05) is 25.0 Å². The topological polar surface area (TPSA) is 397 Å². The summed E-state index contributed by atoms with van der Waals surface area (Å²) >= 11 is 0. The monoisotopic (exact) mass is 714 g/mol. The minimum Gasteiger partial charge on any atom is -0.394 e. The summed E-state index contributed by atoms with van der Waals surface area (Å²) in [7, 11) is 0. The van der Waals surface area contributed by atoms with Gasteiger partial charge in [0.15, 0.2) is 24.5 Å². The molecule has 20 N–H and O–H groups in total. The minimum atomic E-state index is -1.86. The second-order valence-corrected chi connectivity index (χ2v) is 13.3. The van der Waals surface area contributed by atoms with Gasteiger partial charge in [-0.3, -0.25) is 4.79 Å². The number of rotatable bonds is 11. The summed E-state index contributed by atoms with van der Waals surface area (Å²) in [6, 6.07) is -5.77. The number of ether oxygens (including phenoxy) is 6. The third-order valence-corrected chi connectivity index (χ3v) is 9.97. The first-order chi connectivity index (χ1) is 23.1. The van der Waals surface area contributed by atoms with E-state index in [0.29, 0.717) is 0 Å². The Balaban J connectivity index is 1.36. The van der Waals surface area contributed by atoms with E-state index in [-0.39, 0.29) is 19.4 Å². The predicted octanol–water partition coefficient (Wildman–Crippen LogP) is -10.2. The molecule has 2 saturated carbocycles. The molecule has 0 aromatic heterocycles. The van der Waals surface area contributed by atoms with Crippen molar-refractivity contribution in [2.24, 2.45) is 28.7 Å². The Morgan fingerprint density at radius 1 is 0.694 bits per heavy atom. The lowest BCUT2D eigenvalue weighted by Crippen LogP contribution is -2.69. The third kappa shape index (κ3) is 7.47. The van der Waals surface area contributed by atoms with Gasteiger partial charge in [-0.15, -0.1) is 0 Å². The molecule has 0 bridgehead atoms. The van der Waals surface area contributed by atoms with Crippen LogP contribution in [0.1, 0.15) is 12.8 Å². The Hall–Kier alpha value is -1.33. The van der Waals surface area contributed by atoms with Crippen LogP contribution in [0.5, 0.6) is 0 Å². The molecule has 284 valence electrons. The average molecular weight is 715 g/mol. The molecule has 0 spiro atoms. The van der Waals surface area contributed by atoms with E-state index < -0.39 is 147 Å². The molecule has 3 heterocycles. The molecule has 21 atom stereocenters. The van der Waals surface area contributed by atoms with Crippen LogP contribution in [0.15, 0.2) is 0 Å². The number of carbonyl (C=O) groups excluding carboxylic acids is 1. The van der Waals surface area contributed by atoms with Crippen LogP contribution in [-0.2, 0) is 33.2 Å². The lowest BCUT2D eigenvalue weighted by Gasteiger charge is -2.48. The number of nitrogens with one attached hydrogen (secondary N) is 1. The molecule has 5 fully saturated rings. The maximum Gasteiger partial charge on any atom is 0.253 e. The van der Waals surface area contributed by atoms with Gasteiger partial charge < -0.3 is 108 Å². The molecule has 0 radical (unpaired) electrons. The van der Waals surface area contributed by atoms with Gasteiger partial charge in [-0.1, -0.05) is 0 Å². The van der Waals surface area contributed by atoms with Crippen LogP contribution in [0, 0.1) is 0 Å². The summed E-state index contributed by atoms with van der Waals surface area (Å²) in [5.74, 6) is -0.868.